The second-order valence-corrected chi connectivity index (χ2v) is 4.64. The van der Waals surface area contributed by atoms with Crippen LogP contribution in [-0.4, -0.2) is 56.8 Å². The molecule has 0 saturated carbocycles. The van der Waals surface area contributed by atoms with Gasteiger partial charge in [0.25, 0.3) is 0 Å². The van der Waals surface area contributed by atoms with Gasteiger partial charge in [-0.25, -0.2) is 8.42 Å². The van der Waals surface area contributed by atoms with Crippen LogP contribution in [0.5, 0.6) is 0 Å². The smallest absolute Gasteiger partial charge is 0.321 e. The van der Waals surface area contributed by atoms with Crippen molar-refractivity contribution < 1.29 is 17.9 Å². The number of methoxy groups -OCH3 is 1. The van der Waals surface area contributed by atoms with Gasteiger partial charge in [-0.2, -0.15) is 0 Å². The van der Waals surface area contributed by atoms with Gasteiger partial charge in [-0.1, -0.05) is 18.2 Å². The van der Waals surface area contributed by atoms with Crippen molar-refractivity contribution in [3.8, 4) is 0 Å². The van der Waals surface area contributed by atoms with E-state index in [2.05, 4.69) is 4.74 Å². The van der Waals surface area contributed by atoms with Crippen molar-refractivity contribution in [1.82, 2.24) is 0 Å². The number of esters is 1. The maximum absolute atomic E-state index is 11.5. The summed E-state index contributed by atoms with van der Waals surface area (Å²) in [7, 11) is -2.39. The summed E-state index contributed by atoms with van der Waals surface area (Å²) < 4.78 is 27.3. The number of benzene rings is 1. The van der Waals surface area contributed by atoms with E-state index in [1.807, 2.05) is 0 Å². The minimum absolute atomic E-state index is 0. The van der Waals surface area contributed by atoms with Gasteiger partial charge in [-0.15, -0.1) is 0 Å². The number of hydrogen-bond acceptors (Lipinski definition) is 4. The molecule has 0 bridgehead atoms. The number of hydrogen-bond donors (Lipinski definition) is 0. The van der Waals surface area contributed by atoms with E-state index in [1.54, 1.807) is 18.2 Å². The zero-order chi connectivity index (χ0) is 10.6. The maximum Gasteiger partial charge on any atom is 0.321 e. The molecule has 1 aromatic rings. The van der Waals surface area contributed by atoms with Gasteiger partial charge < -0.3 is 4.74 Å². The van der Waals surface area contributed by atoms with Gasteiger partial charge in [0.1, 0.15) is 0 Å². The van der Waals surface area contributed by atoms with Crippen LogP contribution >= 0.6 is 0 Å². The summed E-state index contributed by atoms with van der Waals surface area (Å²) in [6.07, 6.45) is 0. The molecule has 1 aromatic carbocycles. The van der Waals surface area contributed by atoms with E-state index < -0.39 is 21.6 Å². The fraction of sp³-hybridized carbons (Fsp3) is 0.222. The van der Waals surface area contributed by atoms with Gasteiger partial charge in [-0.05, 0) is 12.1 Å². The number of carbonyl (C=O) groups excluding carboxylic acids is 1. The van der Waals surface area contributed by atoms with Gasteiger partial charge in [0, 0.05) is 29.6 Å². The van der Waals surface area contributed by atoms with Crippen LogP contribution in [0, 0.1) is 0 Å². The molecule has 0 unspecified atom stereocenters. The van der Waals surface area contributed by atoms with E-state index >= 15 is 0 Å². The molecule has 0 aliphatic carbocycles. The topological polar surface area (TPSA) is 60.4 Å². The molecule has 1 rings (SSSR count). The molecule has 0 N–H and O–H groups in total. The molecule has 77 valence electrons. The monoisotopic (exact) mass is 237 g/mol. The number of ether oxygens (including phenoxy) is 1. The van der Waals surface area contributed by atoms with E-state index in [-0.39, 0.29) is 34.5 Å². The van der Waals surface area contributed by atoms with E-state index in [0.29, 0.717) is 0 Å². The largest absolute Gasteiger partial charge is 0.468 e. The average molecular weight is 237 g/mol. The van der Waals surface area contributed by atoms with Crippen molar-refractivity contribution in [2.75, 3.05) is 12.9 Å². The Kier molecular flexibility index (Phi) is 6.12. The Morgan fingerprint density at radius 1 is 1.27 bits per heavy atom. The summed E-state index contributed by atoms with van der Waals surface area (Å²) in [6.45, 7) is 0. The van der Waals surface area contributed by atoms with Crippen LogP contribution < -0.4 is 0 Å². The predicted molar refractivity (Wildman–Crippen MR) is 56.3 cm³/mol. The van der Waals surface area contributed by atoms with Gasteiger partial charge in [-0.3, -0.25) is 4.79 Å². The minimum Gasteiger partial charge on any atom is -0.468 e. The first kappa shape index (κ1) is 14.6. The summed E-state index contributed by atoms with van der Waals surface area (Å²) in [5, 5.41) is 0. The molecule has 0 aliphatic rings. The third kappa shape index (κ3) is 4.34. The summed E-state index contributed by atoms with van der Waals surface area (Å²) in [5.74, 6) is -1.37. The van der Waals surface area contributed by atoms with E-state index in [9.17, 15) is 13.2 Å². The van der Waals surface area contributed by atoms with Crippen LogP contribution in [-0.2, 0) is 19.4 Å². The third-order valence-corrected chi connectivity index (χ3v) is 3.24. The van der Waals surface area contributed by atoms with Gasteiger partial charge in [0.15, 0.2) is 15.6 Å². The van der Waals surface area contributed by atoms with Crippen molar-refractivity contribution in [1.29, 1.82) is 0 Å². The molecule has 0 heterocycles. The summed E-state index contributed by atoms with van der Waals surface area (Å²) in [4.78, 5) is 10.9. The number of sulfone groups is 1. The molecule has 0 amide bonds. The predicted octanol–water partition coefficient (Wildman–Crippen LogP) is 0.253. The molecule has 0 aliphatic heterocycles. The molecule has 1 radical (unpaired) electrons. The Morgan fingerprint density at radius 2 is 1.80 bits per heavy atom. The second-order valence-electron chi connectivity index (χ2n) is 2.65. The van der Waals surface area contributed by atoms with Crippen molar-refractivity contribution in [3.05, 3.63) is 30.3 Å². The molecule has 0 saturated heterocycles. The van der Waals surface area contributed by atoms with Crippen molar-refractivity contribution in [3.63, 3.8) is 0 Å². The van der Waals surface area contributed by atoms with E-state index in [4.69, 9.17) is 0 Å². The van der Waals surface area contributed by atoms with Crippen LogP contribution in [0.2, 0.25) is 0 Å². The first-order chi connectivity index (χ1) is 6.56. The minimum atomic E-state index is -3.55. The Balaban J connectivity index is 0.00000196. The number of carbonyl (C=O) groups is 1. The molecule has 0 fully saturated rings. The summed E-state index contributed by atoms with van der Waals surface area (Å²) >= 11 is 0. The summed E-state index contributed by atoms with van der Waals surface area (Å²) in [5.41, 5.74) is 0. The van der Waals surface area contributed by atoms with Gasteiger partial charge >= 0.3 is 5.97 Å². The van der Waals surface area contributed by atoms with Crippen molar-refractivity contribution in [2.24, 2.45) is 0 Å². The standard InChI is InChI=1S/C9H10O4S.Na/c1-13-9(10)7-14(11,12)8-5-3-2-4-6-8;/h2-6H,7H2,1H3;. The number of rotatable bonds is 3. The Morgan fingerprint density at radius 3 is 2.27 bits per heavy atom. The van der Waals surface area contributed by atoms with Gasteiger partial charge in [0.05, 0.1) is 12.0 Å². The van der Waals surface area contributed by atoms with E-state index in [0.717, 1.165) is 7.11 Å². The van der Waals surface area contributed by atoms with Crippen molar-refractivity contribution in [2.45, 2.75) is 4.90 Å². The zero-order valence-corrected chi connectivity index (χ0v) is 11.5. The first-order valence-corrected chi connectivity index (χ1v) is 5.56. The molecule has 6 heteroatoms. The van der Waals surface area contributed by atoms with Crippen LogP contribution in [0.4, 0.5) is 0 Å². The molecule has 0 aromatic heterocycles. The van der Waals surface area contributed by atoms with E-state index in [1.165, 1.54) is 12.1 Å². The first-order valence-electron chi connectivity index (χ1n) is 3.91. The molecule has 4 nitrogen and oxygen atoms in total. The molecule has 15 heavy (non-hydrogen) atoms. The fourth-order valence-electron chi connectivity index (χ4n) is 0.925. The van der Waals surface area contributed by atoms with Crippen LogP contribution in [0.1, 0.15) is 0 Å². The van der Waals surface area contributed by atoms with Crippen LogP contribution in [0.25, 0.3) is 0 Å². The normalized spacial score (nSPS) is 10.2. The quantitative estimate of drug-likeness (QED) is 0.558. The third-order valence-electron chi connectivity index (χ3n) is 1.64. The van der Waals surface area contributed by atoms with Gasteiger partial charge in [0.2, 0.25) is 0 Å². The van der Waals surface area contributed by atoms with Crippen LogP contribution in [0.3, 0.4) is 0 Å². The SMILES string of the molecule is COC(=O)CS(=O)(=O)c1ccccc1.[Na]. The molecular formula is C9H10NaO4S. The molecule has 0 atom stereocenters. The van der Waals surface area contributed by atoms with Crippen LogP contribution in [0.15, 0.2) is 35.2 Å². The Hall–Kier alpha value is -0.360. The average Bonchev–Trinajstić information content (AvgIpc) is 2.18. The van der Waals surface area contributed by atoms with Crippen molar-refractivity contribution >= 4 is 45.4 Å². The molecule has 0 spiro atoms. The Labute approximate surface area is 111 Å². The molecular weight excluding hydrogens is 227 g/mol. The second kappa shape index (κ2) is 6.27. The summed E-state index contributed by atoms with van der Waals surface area (Å²) in [6, 6.07) is 7.79. The maximum atomic E-state index is 11.5. The zero-order valence-electron chi connectivity index (χ0n) is 8.64. The Bertz CT molecular complexity index is 413. The fourth-order valence-corrected chi connectivity index (χ4v) is 2.09.